The monoisotopic (exact) mass is 335 g/mol. The molecular formula is C15H17N3O4S. The second-order valence-corrected chi connectivity index (χ2v) is 7.34. The molecule has 2 aliphatic heterocycles. The summed E-state index contributed by atoms with van der Waals surface area (Å²) in [4.78, 5) is 27.3. The van der Waals surface area contributed by atoms with Crippen molar-refractivity contribution in [2.24, 2.45) is 0 Å². The molecule has 8 heteroatoms. The number of imide groups is 1. The molecule has 3 amide bonds. The molecule has 2 aliphatic rings. The SMILES string of the molecule is C=CCN1C(=O)[C@@H]2CN(S(=O)(=O)c3ccccc3)CCN2C1=O. The summed E-state index contributed by atoms with van der Waals surface area (Å²) >= 11 is 0. The molecule has 122 valence electrons. The highest BCUT2D eigenvalue weighted by Gasteiger charge is 2.49. The Hall–Kier alpha value is -2.19. The number of fused-ring (bicyclic) bond motifs is 1. The van der Waals surface area contributed by atoms with Gasteiger partial charge in [0.1, 0.15) is 6.04 Å². The number of hydrogen-bond acceptors (Lipinski definition) is 4. The molecule has 0 saturated carbocycles. The summed E-state index contributed by atoms with van der Waals surface area (Å²) in [5.74, 6) is -0.372. The molecule has 1 atom stereocenters. The van der Waals surface area contributed by atoms with E-state index in [-0.39, 0.29) is 43.0 Å². The third kappa shape index (κ3) is 2.53. The number of benzene rings is 1. The predicted octanol–water partition coefficient (Wildman–Crippen LogP) is 0.510. The number of carbonyl (C=O) groups is 2. The molecule has 2 fully saturated rings. The summed E-state index contributed by atoms with van der Waals surface area (Å²) in [6.07, 6.45) is 1.48. The van der Waals surface area contributed by atoms with Crippen LogP contribution in [0.3, 0.4) is 0 Å². The molecule has 0 unspecified atom stereocenters. The summed E-state index contributed by atoms with van der Waals surface area (Å²) < 4.78 is 26.6. The Balaban J connectivity index is 1.84. The van der Waals surface area contributed by atoms with E-state index in [0.717, 1.165) is 4.90 Å². The predicted molar refractivity (Wildman–Crippen MR) is 83.0 cm³/mol. The maximum absolute atomic E-state index is 12.7. The van der Waals surface area contributed by atoms with Gasteiger partial charge in [-0.1, -0.05) is 24.3 Å². The molecule has 2 heterocycles. The van der Waals surface area contributed by atoms with Crippen molar-refractivity contribution in [2.75, 3.05) is 26.2 Å². The van der Waals surface area contributed by atoms with Crippen molar-refractivity contribution in [3.05, 3.63) is 43.0 Å². The van der Waals surface area contributed by atoms with E-state index in [0.29, 0.717) is 0 Å². The first-order chi connectivity index (χ1) is 11.0. The molecule has 0 radical (unpaired) electrons. The van der Waals surface area contributed by atoms with Gasteiger partial charge in [0.25, 0.3) is 5.91 Å². The lowest BCUT2D eigenvalue weighted by molar-refractivity contribution is -0.128. The van der Waals surface area contributed by atoms with Crippen molar-refractivity contribution in [2.45, 2.75) is 10.9 Å². The van der Waals surface area contributed by atoms with Crippen LogP contribution in [-0.4, -0.2) is 66.7 Å². The van der Waals surface area contributed by atoms with Crippen molar-refractivity contribution >= 4 is 22.0 Å². The lowest BCUT2D eigenvalue weighted by Gasteiger charge is -2.34. The van der Waals surface area contributed by atoms with E-state index in [9.17, 15) is 18.0 Å². The van der Waals surface area contributed by atoms with Gasteiger partial charge in [0.15, 0.2) is 0 Å². The van der Waals surface area contributed by atoms with E-state index in [4.69, 9.17) is 0 Å². The minimum absolute atomic E-state index is 0.0184. The topological polar surface area (TPSA) is 78.0 Å². The molecule has 0 aromatic heterocycles. The normalized spacial score (nSPS) is 22.3. The first-order valence-electron chi connectivity index (χ1n) is 7.25. The summed E-state index contributed by atoms with van der Waals surface area (Å²) in [7, 11) is -3.67. The first kappa shape index (κ1) is 15.7. The standard InChI is InChI=1S/C15H17N3O4S/c1-2-8-18-14(19)13-11-16(9-10-17(13)15(18)20)23(21,22)12-6-4-3-5-7-12/h2-7,13H,1,8-11H2/t13-/m0/s1. The van der Waals surface area contributed by atoms with E-state index in [1.807, 2.05) is 0 Å². The Morgan fingerprint density at radius 2 is 1.87 bits per heavy atom. The van der Waals surface area contributed by atoms with E-state index in [1.165, 1.54) is 27.4 Å². The number of nitrogens with zero attached hydrogens (tertiary/aromatic N) is 3. The zero-order valence-corrected chi connectivity index (χ0v) is 13.3. The Labute approximate surface area is 134 Å². The van der Waals surface area contributed by atoms with Crippen LogP contribution in [0.15, 0.2) is 47.9 Å². The maximum Gasteiger partial charge on any atom is 0.327 e. The molecule has 1 aromatic carbocycles. The minimum atomic E-state index is -3.67. The quantitative estimate of drug-likeness (QED) is 0.593. The van der Waals surface area contributed by atoms with Crippen molar-refractivity contribution in [1.82, 2.24) is 14.1 Å². The fourth-order valence-corrected chi connectivity index (χ4v) is 4.34. The van der Waals surface area contributed by atoms with Crippen LogP contribution in [-0.2, 0) is 14.8 Å². The van der Waals surface area contributed by atoms with Gasteiger partial charge < -0.3 is 4.90 Å². The van der Waals surface area contributed by atoms with Gasteiger partial charge in [-0.15, -0.1) is 6.58 Å². The molecule has 0 aliphatic carbocycles. The van der Waals surface area contributed by atoms with Crippen molar-refractivity contribution < 1.29 is 18.0 Å². The van der Waals surface area contributed by atoms with Crippen LogP contribution in [0.25, 0.3) is 0 Å². The second kappa shape index (κ2) is 5.78. The maximum atomic E-state index is 12.7. The molecule has 2 saturated heterocycles. The van der Waals surface area contributed by atoms with E-state index >= 15 is 0 Å². The van der Waals surface area contributed by atoms with Crippen molar-refractivity contribution in [3.8, 4) is 0 Å². The molecule has 0 bridgehead atoms. The number of amides is 3. The molecule has 0 spiro atoms. The van der Waals surface area contributed by atoms with Crippen LogP contribution in [0.5, 0.6) is 0 Å². The smallest absolute Gasteiger partial charge is 0.310 e. The fourth-order valence-electron chi connectivity index (χ4n) is 2.88. The molecule has 23 heavy (non-hydrogen) atoms. The third-order valence-electron chi connectivity index (χ3n) is 4.06. The second-order valence-electron chi connectivity index (χ2n) is 5.41. The summed E-state index contributed by atoms with van der Waals surface area (Å²) in [5, 5.41) is 0. The Kier molecular flexibility index (Phi) is 3.95. The fraction of sp³-hybridized carbons (Fsp3) is 0.333. The number of piperazine rings is 1. The van der Waals surface area contributed by atoms with Crippen LogP contribution in [0.4, 0.5) is 4.79 Å². The van der Waals surface area contributed by atoms with Gasteiger partial charge in [-0.05, 0) is 12.1 Å². The lowest BCUT2D eigenvalue weighted by atomic mass is 10.2. The summed E-state index contributed by atoms with van der Waals surface area (Å²) in [6.45, 7) is 4.03. The number of hydrogen-bond donors (Lipinski definition) is 0. The van der Waals surface area contributed by atoms with Crippen LogP contribution < -0.4 is 0 Å². The van der Waals surface area contributed by atoms with Gasteiger partial charge in [-0.25, -0.2) is 13.2 Å². The Bertz CT molecular complexity index is 747. The Morgan fingerprint density at radius 1 is 1.17 bits per heavy atom. The molecule has 0 N–H and O–H groups in total. The van der Waals surface area contributed by atoms with E-state index in [2.05, 4.69) is 6.58 Å². The van der Waals surface area contributed by atoms with Gasteiger partial charge in [0.2, 0.25) is 10.0 Å². The van der Waals surface area contributed by atoms with Gasteiger partial charge in [0.05, 0.1) is 4.90 Å². The number of urea groups is 1. The largest absolute Gasteiger partial charge is 0.327 e. The number of sulfonamides is 1. The van der Waals surface area contributed by atoms with E-state index in [1.54, 1.807) is 18.2 Å². The first-order valence-corrected chi connectivity index (χ1v) is 8.69. The number of rotatable bonds is 4. The number of carbonyl (C=O) groups excluding carboxylic acids is 2. The Morgan fingerprint density at radius 3 is 2.52 bits per heavy atom. The van der Waals surface area contributed by atoms with Crippen LogP contribution in [0.1, 0.15) is 0 Å². The molecule has 3 rings (SSSR count). The van der Waals surface area contributed by atoms with Crippen LogP contribution in [0, 0.1) is 0 Å². The summed E-state index contributed by atoms with van der Waals surface area (Å²) in [5.41, 5.74) is 0. The summed E-state index contributed by atoms with van der Waals surface area (Å²) in [6, 6.07) is 6.95. The lowest BCUT2D eigenvalue weighted by Crippen LogP contribution is -2.54. The van der Waals surface area contributed by atoms with Gasteiger partial charge in [0, 0.05) is 26.2 Å². The van der Waals surface area contributed by atoms with E-state index < -0.39 is 16.1 Å². The van der Waals surface area contributed by atoms with Crippen LogP contribution in [0.2, 0.25) is 0 Å². The zero-order chi connectivity index (χ0) is 16.6. The average molecular weight is 335 g/mol. The van der Waals surface area contributed by atoms with Crippen molar-refractivity contribution in [3.63, 3.8) is 0 Å². The third-order valence-corrected chi connectivity index (χ3v) is 5.94. The highest BCUT2D eigenvalue weighted by atomic mass is 32.2. The minimum Gasteiger partial charge on any atom is -0.310 e. The zero-order valence-electron chi connectivity index (χ0n) is 12.5. The molecular weight excluding hydrogens is 318 g/mol. The van der Waals surface area contributed by atoms with Crippen molar-refractivity contribution in [1.29, 1.82) is 0 Å². The average Bonchev–Trinajstić information content (AvgIpc) is 2.81. The highest BCUT2D eigenvalue weighted by Crippen LogP contribution is 2.25. The van der Waals surface area contributed by atoms with Gasteiger partial charge in [-0.3, -0.25) is 9.69 Å². The molecule has 1 aromatic rings. The van der Waals surface area contributed by atoms with Gasteiger partial charge >= 0.3 is 6.03 Å². The van der Waals surface area contributed by atoms with Gasteiger partial charge in [-0.2, -0.15) is 4.31 Å². The van der Waals surface area contributed by atoms with Crippen LogP contribution >= 0.6 is 0 Å². The highest BCUT2D eigenvalue weighted by molar-refractivity contribution is 7.89. The molecule has 7 nitrogen and oxygen atoms in total.